The van der Waals surface area contributed by atoms with Crippen molar-refractivity contribution in [1.29, 1.82) is 0 Å². The van der Waals surface area contributed by atoms with E-state index in [9.17, 15) is 0 Å². The highest BCUT2D eigenvalue weighted by molar-refractivity contribution is 5.85. The number of rotatable bonds is 3. The Kier molecular flexibility index (Phi) is 2.72. The first-order valence-electron chi connectivity index (χ1n) is 4.99. The fraction of sp³-hybridized carbons (Fsp3) is 0.143. The van der Waals surface area contributed by atoms with Gasteiger partial charge in [0.25, 0.3) is 0 Å². The molecule has 2 rings (SSSR count). The van der Waals surface area contributed by atoms with Crippen LogP contribution in [0.15, 0.2) is 54.8 Å². The Morgan fingerprint density at radius 2 is 1.87 bits per heavy atom. The van der Waals surface area contributed by atoms with Gasteiger partial charge >= 0.3 is 0 Å². The molecule has 0 heterocycles. The smallest absolute Gasteiger partial charge is 0.0927 e. The monoisotopic (exact) mass is 198 g/mol. The van der Waals surface area contributed by atoms with Gasteiger partial charge in [-0.3, -0.25) is 0 Å². The summed E-state index contributed by atoms with van der Waals surface area (Å²) < 4.78 is 5.11. The van der Waals surface area contributed by atoms with Crippen LogP contribution in [0.3, 0.4) is 0 Å². The third-order valence-corrected chi connectivity index (χ3v) is 2.56. The van der Waals surface area contributed by atoms with Gasteiger partial charge in [0, 0.05) is 6.42 Å². The molecule has 0 aliphatic heterocycles. The van der Waals surface area contributed by atoms with E-state index in [2.05, 4.69) is 49.0 Å². The molecule has 0 N–H and O–H groups in total. The summed E-state index contributed by atoms with van der Waals surface area (Å²) >= 11 is 0. The van der Waals surface area contributed by atoms with Crippen molar-refractivity contribution in [2.75, 3.05) is 7.11 Å². The van der Waals surface area contributed by atoms with Gasteiger partial charge < -0.3 is 4.74 Å². The second-order valence-corrected chi connectivity index (χ2v) is 3.56. The van der Waals surface area contributed by atoms with Gasteiger partial charge in [-0.15, -0.1) is 0 Å². The number of fused-ring (bicyclic) bond motifs is 1. The van der Waals surface area contributed by atoms with E-state index >= 15 is 0 Å². The zero-order chi connectivity index (χ0) is 10.7. The first-order valence-corrected chi connectivity index (χ1v) is 4.99. The maximum atomic E-state index is 5.11. The molecule has 1 nitrogen and oxygen atoms in total. The topological polar surface area (TPSA) is 9.23 Å². The van der Waals surface area contributed by atoms with Crippen LogP contribution in [-0.4, -0.2) is 7.11 Å². The molecule has 0 bridgehead atoms. The summed E-state index contributed by atoms with van der Waals surface area (Å²) in [5.41, 5.74) is 1.26. The molecule has 0 saturated heterocycles. The van der Waals surface area contributed by atoms with Gasteiger partial charge in [0.15, 0.2) is 0 Å². The minimum absolute atomic E-state index is 0.776. The molecule has 76 valence electrons. The Labute approximate surface area is 90.0 Å². The molecule has 15 heavy (non-hydrogen) atoms. The van der Waals surface area contributed by atoms with Crippen molar-refractivity contribution in [1.82, 2.24) is 0 Å². The van der Waals surface area contributed by atoms with Gasteiger partial charge in [0.2, 0.25) is 0 Å². The van der Waals surface area contributed by atoms with E-state index in [1.807, 2.05) is 0 Å². The van der Waals surface area contributed by atoms with Gasteiger partial charge in [-0.05, 0) is 16.3 Å². The van der Waals surface area contributed by atoms with Crippen LogP contribution in [0, 0.1) is 0 Å². The third kappa shape index (κ3) is 2.01. The second-order valence-electron chi connectivity index (χ2n) is 3.56. The highest BCUT2D eigenvalue weighted by Gasteiger charge is 2.01. The Hall–Kier alpha value is -1.76. The maximum Gasteiger partial charge on any atom is 0.0927 e. The summed E-state index contributed by atoms with van der Waals surface area (Å²) in [5, 5.41) is 2.54. The van der Waals surface area contributed by atoms with E-state index in [1.54, 1.807) is 7.11 Å². The molecule has 0 fully saturated rings. The van der Waals surface area contributed by atoms with Crippen LogP contribution in [0.1, 0.15) is 5.56 Å². The first-order chi connectivity index (χ1) is 7.31. The number of methoxy groups -OCH3 is 1. The lowest BCUT2D eigenvalue weighted by Crippen LogP contribution is -1.92. The molecule has 0 amide bonds. The molecular formula is C14H14O. The summed E-state index contributed by atoms with van der Waals surface area (Å²) in [6, 6.07) is 14.7. The minimum Gasteiger partial charge on any atom is -0.501 e. The van der Waals surface area contributed by atoms with Gasteiger partial charge in [0.1, 0.15) is 0 Å². The van der Waals surface area contributed by atoms with Crippen molar-refractivity contribution in [3.8, 4) is 0 Å². The largest absolute Gasteiger partial charge is 0.501 e. The predicted octanol–water partition coefficient (Wildman–Crippen LogP) is 3.54. The van der Waals surface area contributed by atoms with Crippen LogP contribution < -0.4 is 0 Å². The van der Waals surface area contributed by atoms with Gasteiger partial charge in [-0.25, -0.2) is 0 Å². The highest BCUT2D eigenvalue weighted by atomic mass is 16.5. The van der Waals surface area contributed by atoms with Gasteiger partial charge in [-0.2, -0.15) is 0 Å². The maximum absolute atomic E-state index is 5.11. The van der Waals surface area contributed by atoms with E-state index in [0.29, 0.717) is 0 Å². The molecule has 2 aromatic carbocycles. The molecule has 0 saturated carbocycles. The molecule has 2 aromatic rings. The molecule has 0 unspecified atom stereocenters. The van der Waals surface area contributed by atoms with Crippen LogP contribution in [-0.2, 0) is 11.2 Å². The number of ether oxygens (including phenoxy) is 1. The van der Waals surface area contributed by atoms with Crippen LogP contribution in [0.5, 0.6) is 0 Å². The highest BCUT2D eigenvalue weighted by Crippen LogP contribution is 2.20. The summed E-state index contributed by atoms with van der Waals surface area (Å²) in [6.07, 6.45) is 0.776. The Morgan fingerprint density at radius 1 is 1.13 bits per heavy atom. The quantitative estimate of drug-likeness (QED) is 0.685. The molecule has 0 radical (unpaired) electrons. The van der Waals surface area contributed by atoms with E-state index in [1.165, 1.54) is 16.3 Å². The Bertz CT molecular complexity index is 480. The van der Waals surface area contributed by atoms with Crippen molar-refractivity contribution in [3.05, 3.63) is 60.4 Å². The number of hydrogen-bond acceptors (Lipinski definition) is 1. The predicted molar refractivity (Wildman–Crippen MR) is 63.8 cm³/mol. The van der Waals surface area contributed by atoms with E-state index in [4.69, 9.17) is 4.74 Å². The fourth-order valence-corrected chi connectivity index (χ4v) is 1.73. The number of benzene rings is 2. The molecule has 0 spiro atoms. The van der Waals surface area contributed by atoms with Crippen molar-refractivity contribution in [2.45, 2.75) is 6.42 Å². The molecule has 1 heteroatoms. The number of hydrogen-bond donors (Lipinski definition) is 0. The van der Waals surface area contributed by atoms with Crippen molar-refractivity contribution in [3.63, 3.8) is 0 Å². The minimum atomic E-state index is 0.776. The van der Waals surface area contributed by atoms with Crippen molar-refractivity contribution in [2.24, 2.45) is 0 Å². The van der Waals surface area contributed by atoms with Crippen LogP contribution in [0.2, 0.25) is 0 Å². The van der Waals surface area contributed by atoms with E-state index in [-0.39, 0.29) is 0 Å². The SMILES string of the molecule is C=C(Cc1cccc2ccccc12)OC. The van der Waals surface area contributed by atoms with Crippen molar-refractivity contribution >= 4 is 10.8 Å². The zero-order valence-corrected chi connectivity index (χ0v) is 8.86. The molecule has 0 atom stereocenters. The third-order valence-electron chi connectivity index (χ3n) is 2.56. The van der Waals surface area contributed by atoms with Crippen LogP contribution in [0.25, 0.3) is 10.8 Å². The van der Waals surface area contributed by atoms with E-state index in [0.717, 1.165) is 12.2 Å². The standard InChI is InChI=1S/C14H14O/c1-11(15-2)10-13-8-5-7-12-6-3-4-9-14(12)13/h3-9H,1,10H2,2H3. The Morgan fingerprint density at radius 3 is 2.67 bits per heavy atom. The second kappa shape index (κ2) is 4.18. The molecular weight excluding hydrogens is 184 g/mol. The average molecular weight is 198 g/mol. The van der Waals surface area contributed by atoms with Gasteiger partial charge in [-0.1, -0.05) is 49.0 Å². The summed E-state index contributed by atoms with van der Waals surface area (Å²) in [6.45, 7) is 3.85. The normalized spacial score (nSPS) is 10.2. The summed E-state index contributed by atoms with van der Waals surface area (Å²) in [4.78, 5) is 0. The Balaban J connectivity index is 2.46. The van der Waals surface area contributed by atoms with E-state index < -0.39 is 0 Å². The van der Waals surface area contributed by atoms with Crippen LogP contribution in [0.4, 0.5) is 0 Å². The fourth-order valence-electron chi connectivity index (χ4n) is 1.73. The van der Waals surface area contributed by atoms with Gasteiger partial charge in [0.05, 0.1) is 12.9 Å². The average Bonchev–Trinajstić information content (AvgIpc) is 2.29. The lowest BCUT2D eigenvalue weighted by molar-refractivity contribution is 0.285. The molecule has 0 aromatic heterocycles. The first kappa shape index (κ1) is 9.78. The summed E-state index contributed by atoms with van der Waals surface area (Å²) in [7, 11) is 1.66. The molecule has 0 aliphatic rings. The zero-order valence-electron chi connectivity index (χ0n) is 8.86. The number of allylic oxidation sites excluding steroid dienone is 1. The van der Waals surface area contributed by atoms with Crippen molar-refractivity contribution < 1.29 is 4.74 Å². The summed E-state index contributed by atoms with van der Waals surface area (Å²) in [5.74, 6) is 0.798. The molecule has 0 aliphatic carbocycles. The lowest BCUT2D eigenvalue weighted by atomic mass is 10.0. The lowest BCUT2D eigenvalue weighted by Gasteiger charge is -2.07. The van der Waals surface area contributed by atoms with Crippen LogP contribution >= 0.6 is 0 Å².